The number of nitrogens with two attached hydrogens (primary N) is 1. The number of primary amides is 1. The second kappa shape index (κ2) is 5.66. The molecular weight excluding hydrogens is 230 g/mol. The van der Waals surface area contributed by atoms with Crippen molar-refractivity contribution in [2.45, 2.75) is 19.3 Å². The predicted octanol–water partition coefficient (Wildman–Crippen LogP) is 0.610. The minimum absolute atomic E-state index is 0.201. The third kappa shape index (κ3) is 3.09. The van der Waals surface area contributed by atoms with E-state index in [1.807, 2.05) is 13.1 Å². The second-order valence-corrected chi connectivity index (χ2v) is 4.61. The van der Waals surface area contributed by atoms with Crippen molar-refractivity contribution in [2.24, 2.45) is 11.7 Å². The zero-order chi connectivity index (χ0) is 13.0. The van der Waals surface area contributed by atoms with Crippen LogP contribution in [-0.4, -0.2) is 36.0 Å². The van der Waals surface area contributed by atoms with Crippen molar-refractivity contribution in [3.63, 3.8) is 0 Å². The van der Waals surface area contributed by atoms with Crippen molar-refractivity contribution < 1.29 is 4.79 Å². The van der Waals surface area contributed by atoms with Gasteiger partial charge in [0.05, 0.1) is 0 Å². The lowest BCUT2D eigenvalue weighted by atomic mass is 9.93. The Bertz CT molecular complexity index is 415. The highest BCUT2D eigenvalue weighted by Crippen LogP contribution is 2.24. The minimum Gasteiger partial charge on any atom is -0.373 e. The molecule has 2 rings (SSSR count). The fraction of sp³-hybridized carbons (Fsp3) is 0.583. The van der Waals surface area contributed by atoms with E-state index in [1.165, 1.54) is 0 Å². The first-order chi connectivity index (χ1) is 8.69. The maximum atomic E-state index is 10.9. The summed E-state index contributed by atoms with van der Waals surface area (Å²) in [6.07, 6.45) is 4.04. The van der Waals surface area contributed by atoms with Crippen LogP contribution in [0.25, 0.3) is 0 Å². The number of rotatable bonds is 4. The summed E-state index contributed by atoms with van der Waals surface area (Å²) in [7, 11) is 1.84. The van der Waals surface area contributed by atoms with Crippen LogP contribution >= 0.6 is 0 Å². The van der Waals surface area contributed by atoms with Crippen LogP contribution in [0, 0.1) is 5.92 Å². The lowest BCUT2D eigenvalue weighted by Gasteiger charge is -2.32. The first-order valence-electron chi connectivity index (χ1n) is 6.22. The minimum atomic E-state index is -0.201. The molecule has 0 unspecified atom stereocenters. The average Bonchev–Trinajstić information content (AvgIpc) is 2.39. The highest BCUT2D eigenvalue weighted by Gasteiger charge is 2.21. The van der Waals surface area contributed by atoms with E-state index in [4.69, 9.17) is 5.73 Å². The van der Waals surface area contributed by atoms with E-state index >= 15 is 0 Å². The maximum Gasteiger partial charge on any atom is 0.217 e. The number of hydrogen-bond donors (Lipinski definition) is 2. The van der Waals surface area contributed by atoms with Gasteiger partial charge in [0.15, 0.2) is 0 Å². The largest absolute Gasteiger partial charge is 0.373 e. The number of carbonyl (C=O) groups is 1. The van der Waals surface area contributed by atoms with E-state index in [0.29, 0.717) is 12.3 Å². The molecule has 0 saturated carbocycles. The van der Waals surface area contributed by atoms with Gasteiger partial charge in [-0.15, -0.1) is 0 Å². The van der Waals surface area contributed by atoms with Gasteiger partial charge in [-0.25, -0.2) is 9.97 Å². The van der Waals surface area contributed by atoms with Crippen molar-refractivity contribution >= 4 is 17.5 Å². The van der Waals surface area contributed by atoms with Gasteiger partial charge in [-0.05, 0) is 18.8 Å². The van der Waals surface area contributed by atoms with Crippen LogP contribution < -0.4 is 16.0 Å². The van der Waals surface area contributed by atoms with Crippen molar-refractivity contribution in [3.8, 4) is 0 Å². The van der Waals surface area contributed by atoms with Gasteiger partial charge in [-0.1, -0.05) is 0 Å². The average molecular weight is 249 g/mol. The molecule has 0 atom stereocenters. The molecule has 6 heteroatoms. The SMILES string of the molecule is CNc1cc(N2CCC(CC(N)=O)CC2)ncn1. The Balaban J connectivity index is 1.94. The fourth-order valence-electron chi connectivity index (χ4n) is 2.31. The Morgan fingerprint density at radius 2 is 2.22 bits per heavy atom. The highest BCUT2D eigenvalue weighted by atomic mass is 16.1. The molecule has 0 spiro atoms. The number of piperidine rings is 1. The number of nitrogens with zero attached hydrogens (tertiary/aromatic N) is 3. The van der Waals surface area contributed by atoms with E-state index in [0.717, 1.165) is 37.6 Å². The second-order valence-electron chi connectivity index (χ2n) is 4.61. The van der Waals surface area contributed by atoms with Gasteiger partial charge in [-0.3, -0.25) is 4.79 Å². The third-order valence-electron chi connectivity index (χ3n) is 3.34. The molecule has 1 aliphatic rings. The number of aromatic nitrogens is 2. The van der Waals surface area contributed by atoms with Gasteiger partial charge in [0, 0.05) is 32.6 Å². The summed E-state index contributed by atoms with van der Waals surface area (Å²) >= 11 is 0. The molecule has 1 aliphatic heterocycles. The Hall–Kier alpha value is -1.85. The zero-order valence-corrected chi connectivity index (χ0v) is 10.6. The van der Waals surface area contributed by atoms with E-state index in [9.17, 15) is 4.79 Å². The summed E-state index contributed by atoms with van der Waals surface area (Å²) in [4.78, 5) is 21.5. The molecule has 0 radical (unpaired) electrons. The quantitative estimate of drug-likeness (QED) is 0.816. The molecule has 98 valence electrons. The summed E-state index contributed by atoms with van der Waals surface area (Å²) in [5.74, 6) is 1.98. The van der Waals surface area contributed by atoms with Gasteiger partial charge < -0.3 is 16.0 Å². The third-order valence-corrected chi connectivity index (χ3v) is 3.34. The molecule has 1 fully saturated rings. The highest BCUT2D eigenvalue weighted by molar-refractivity contribution is 5.74. The molecule has 1 aromatic heterocycles. The van der Waals surface area contributed by atoms with Crippen molar-refractivity contribution in [3.05, 3.63) is 12.4 Å². The van der Waals surface area contributed by atoms with Gasteiger partial charge >= 0.3 is 0 Å². The molecule has 1 amide bonds. The molecule has 0 bridgehead atoms. The lowest BCUT2D eigenvalue weighted by molar-refractivity contribution is -0.119. The molecular formula is C12H19N5O. The van der Waals surface area contributed by atoms with Crippen LogP contribution in [-0.2, 0) is 4.79 Å². The maximum absolute atomic E-state index is 10.9. The van der Waals surface area contributed by atoms with Gasteiger partial charge in [-0.2, -0.15) is 0 Å². The molecule has 18 heavy (non-hydrogen) atoms. The van der Waals surface area contributed by atoms with Crippen LogP contribution in [0.2, 0.25) is 0 Å². The normalized spacial score (nSPS) is 16.6. The van der Waals surface area contributed by atoms with E-state index in [2.05, 4.69) is 20.2 Å². The molecule has 1 saturated heterocycles. The zero-order valence-electron chi connectivity index (χ0n) is 10.6. The molecule has 0 aliphatic carbocycles. The fourth-order valence-corrected chi connectivity index (χ4v) is 2.31. The monoisotopic (exact) mass is 249 g/mol. The summed E-state index contributed by atoms with van der Waals surface area (Å²) in [6.45, 7) is 1.83. The molecule has 2 heterocycles. The Kier molecular flexibility index (Phi) is 3.96. The number of nitrogens with one attached hydrogen (secondary N) is 1. The molecule has 6 nitrogen and oxygen atoms in total. The van der Waals surface area contributed by atoms with Crippen LogP contribution in [0.4, 0.5) is 11.6 Å². The number of amides is 1. The van der Waals surface area contributed by atoms with Crippen LogP contribution in [0.5, 0.6) is 0 Å². The van der Waals surface area contributed by atoms with Crippen LogP contribution in [0.15, 0.2) is 12.4 Å². The summed E-state index contributed by atoms with van der Waals surface area (Å²) < 4.78 is 0. The van der Waals surface area contributed by atoms with Crippen molar-refractivity contribution in [1.82, 2.24) is 9.97 Å². The van der Waals surface area contributed by atoms with Crippen molar-refractivity contribution in [1.29, 1.82) is 0 Å². The van der Waals surface area contributed by atoms with Crippen LogP contribution in [0.3, 0.4) is 0 Å². The number of carbonyl (C=O) groups excluding carboxylic acids is 1. The Morgan fingerprint density at radius 1 is 1.50 bits per heavy atom. The lowest BCUT2D eigenvalue weighted by Crippen LogP contribution is -2.35. The predicted molar refractivity (Wildman–Crippen MR) is 70.3 cm³/mol. The molecule has 0 aromatic carbocycles. The van der Waals surface area contributed by atoms with Gasteiger partial charge in [0.1, 0.15) is 18.0 Å². The van der Waals surface area contributed by atoms with E-state index in [1.54, 1.807) is 6.33 Å². The Labute approximate surface area is 107 Å². The summed E-state index contributed by atoms with van der Waals surface area (Å²) in [5.41, 5.74) is 5.23. The van der Waals surface area contributed by atoms with Crippen LogP contribution in [0.1, 0.15) is 19.3 Å². The first-order valence-corrected chi connectivity index (χ1v) is 6.22. The summed E-state index contributed by atoms with van der Waals surface area (Å²) in [6, 6.07) is 1.94. The number of hydrogen-bond acceptors (Lipinski definition) is 5. The number of anilines is 2. The summed E-state index contributed by atoms with van der Waals surface area (Å²) in [5, 5.41) is 3.00. The molecule has 1 aromatic rings. The van der Waals surface area contributed by atoms with E-state index in [-0.39, 0.29) is 5.91 Å². The van der Waals surface area contributed by atoms with Crippen molar-refractivity contribution in [2.75, 3.05) is 30.4 Å². The Morgan fingerprint density at radius 3 is 2.83 bits per heavy atom. The smallest absolute Gasteiger partial charge is 0.217 e. The first kappa shape index (κ1) is 12.6. The standard InChI is InChI=1S/C12H19N5O/c1-14-11-7-12(16-8-15-11)17-4-2-9(3-5-17)6-10(13)18/h7-9H,2-6H2,1H3,(H2,13,18)(H,14,15,16). The van der Waals surface area contributed by atoms with Gasteiger partial charge in [0.2, 0.25) is 5.91 Å². The topological polar surface area (TPSA) is 84.1 Å². The van der Waals surface area contributed by atoms with E-state index < -0.39 is 0 Å². The van der Waals surface area contributed by atoms with Gasteiger partial charge in [0.25, 0.3) is 0 Å². The molecule has 3 N–H and O–H groups in total.